The van der Waals surface area contributed by atoms with Crippen molar-refractivity contribution in [3.63, 3.8) is 0 Å². The first-order chi connectivity index (χ1) is 7.00. The molecule has 2 aliphatic heterocycles. The van der Waals surface area contributed by atoms with Crippen LogP contribution < -0.4 is 0 Å². The van der Waals surface area contributed by atoms with E-state index < -0.39 is 4.32 Å². The van der Waals surface area contributed by atoms with Crippen molar-refractivity contribution >= 4 is 21.8 Å². The lowest BCUT2D eigenvalue weighted by Crippen LogP contribution is -2.64. The number of nitrogens with zero attached hydrogens (tertiary/aromatic N) is 1. The molecule has 0 aromatic heterocycles. The second-order valence-electron chi connectivity index (χ2n) is 4.57. The molecule has 0 aliphatic carbocycles. The summed E-state index contributed by atoms with van der Waals surface area (Å²) < 4.78 is 10.4. The van der Waals surface area contributed by atoms with Crippen molar-refractivity contribution in [2.24, 2.45) is 0 Å². The van der Waals surface area contributed by atoms with Gasteiger partial charge in [-0.25, -0.2) is 0 Å². The number of carbonyl (C=O) groups is 1. The third kappa shape index (κ3) is 2.19. The van der Waals surface area contributed by atoms with E-state index in [0.717, 1.165) is 0 Å². The zero-order valence-corrected chi connectivity index (χ0v) is 10.6. The van der Waals surface area contributed by atoms with Gasteiger partial charge in [0.2, 0.25) is 5.91 Å². The van der Waals surface area contributed by atoms with Gasteiger partial charge in [0, 0.05) is 0 Å². The van der Waals surface area contributed by atoms with Gasteiger partial charge < -0.3 is 14.4 Å². The third-order valence-electron chi connectivity index (χ3n) is 2.77. The highest BCUT2D eigenvalue weighted by molar-refractivity contribution is 9.10. The molecule has 0 N–H and O–H groups in total. The lowest BCUT2D eigenvalue weighted by atomic mass is 10.0. The number of morpholine rings is 2. The van der Waals surface area contributed by atoms with Gasteiger partial charge in [0.1, 0.15) is 0 Å². The van der Waals surface area contributed by atoms with Gasteiger partial charge in [-0.15, -0.1) is 0 Å². The Labute approximate surface area is 98.0 Å². The number of rotatable bonds is 1. The molecule has 2 heterocycles. The van der Waals surface area contributed by atoms with Crippen molar-refractivity contribution in [1.29, 1.82) is 0 Å². The summed E-state index contributed by atoms with van der Waals surface area (Å²) in [4.78, 5) is 14.1. The quantitative estimate of drug-likeness (QED) is 0.666. The zero-order chi connectivity index (χ0) is 11.1. The van der Waals surface area contributed by atoms with Crippen molar-refractivity contribution in [3.05, 3.63) is 0 Å². The minimum atomic E-state index is -0.502. The van der Waals surface area contributed by atoms with Crippen molar-refractivity contribution in [1.82, 2.24) is 4.90 Å². The Morgan fingerprint density at radius 3 is 1.93 bits per heavy atom. The van der Waals surface area contributed by atoms with E-state index in [0.29, 0.717) is 26.4 Å². The summed E-state index contributed by atoms with van der Waals surface area (Å²) in [5.41, 5.74) is 0. The number of hydrogen-bond acceptors (Lipinski definition) is 3. The van der Waals surface area contributed by atoms with Gasteiger partial charge >= 0.3 is 0 Å². The summed E-state index contributed by atoms with van der Waals surface area (Å²) in [6, 6.07) is 0.170. The van der Waals surface area contributed by atoms with E-state index in [1.165, 1.54) is 0 Å². The SMILES string of the molecule is CC(C)(Br)C(=O)N1C2COCC1COC2. The van der Waals surface area contributed by atoms with Crippen LogP contribution >= 0.6 is 15.9 Å². The van der Waals surface area contributed by atoms with Gasteiger partial charge in [-0.1, -0.05) is 15.9 Å². The Hall–Kier alpha value is -0.130. The minimum Gasteiger partial charge on any atom is -0.377 e. The molecule has 0 unspecified atom stereocenters. The normalized spacial score (nSPS) is 31.5. The Kier molecular flexibility index (Phi) is 3.05. The largest absolute Gasteiger partial charge is 0.377 e. The van der Waals surface area contributed by atoms with E-state index in [1.807, 2.05) is 18.7 Å². The van der Waals surface area contributed by atoms with Gasteiger partial charge in [-0.3, -0.25) is 4.79 Å². The predicted molar refractivity (Wildman–Crippen MR) is 59.1 cm³/mol. The maximum atomic E-state index is 12.2. The molecule has 2 fully saturated rings. The highest BCUT2D eigenvalue weighted by Gasteiger charge is 2.42. The molecule has 1 amide bonds. The lowest BCUT2D eigenvalue weighted by molar-refractivity contribution is -0.169. The van der Waals surface area contributed by atoms with Crippen LogP contribution in [0.5, 0.6) is 0 Å². The maximum absolute atomic E-state index is 12.2. The molecular weight excluding hydrogens is 262 g/mol. The van der Waals surface area contributed by atoms with Crippen LogP contribution in [0.3, 0.4) is 0 Å². The van der Waals surface area contributed by atoms with Gasteiger partial charge in [-0.05, 0) is 13.8 Å². The molecule has 0 aromatic carbocycles. The molecule has 0 atom stereocenters. The molecule has 2 bridgehead atoms. The summed E-state index contributed by atoms with van der Waals surface area (Å²) in [6.07, 6.45) is 0. The molecule has 5 heteroatoms. The van der Waals surface area contributed by atoms with Crippen molar-refractivity contribution in [3.8, 4) is 0 Å². The Balaban J connectivity index is 2.16. The molecule has 0 aromatic rings. The first kappa shape index (κ1) is 11.4. The molecule has 2 rings (SSSR count). The van der Waals surface area contributed by atoms with Crippen LogP contribution in [0.2, 0.25) is 0 Å². The Morgan fingerprint density at radius 2 is 1.60 bits per heavy atom. The average molecular weight is 278 g/mol. The van der Waals surface area contributed by atoms with E-state index in [4.69, 9.17) is 9.47 Å². The third-order valence-corrected chi connectivity index (χ3v) is 3.11. The van der Waals surface area contributed by atoms with Crippen LogP contribution in [0.4, 0.5) is 0 Å². The average Bonchev–Trinajstić information content (AvgIpc) is 2.14. The molecule has 15 heavy (non-hydrogen) atoms. The summed E-state index contributed by atoms with van der Waals surface area (Å²) in [6.45, 7) is 6.11. The number of hydrogen-bond donors (Lipinski definition) is 0. The van der Waals surface area contributed by atoms with E-state index in [2.05, 4.69) is 15.9 Å². The Bertz CT molecular complexity index is 242. The second-order valence-corrected chi connectivity index (χ2v) is 6.55. The number of fused-ring (bicyclic) bond motifs is 2. The highest BCUT2D eigenvalue weighted by atomic mass is 79.9. The van der Waals surface area contributed by atoms with Gasteiger partial charge in [0.25, 0.3) is 0 Å². The fourth-order valence-electron chi connectivity index (χ4n) is 2.03. The molecule has 2 aliphatic rings. The lowest BCUT2D eigenvalue weighted by Gasteiger charge is -2.47. The maximum Gasteiger partial charge on any atom is 0.239 e. The molecule has 4 nitrogen and oxygen atoms in total. The predicted octanol–water partition coefficient (Wildman–Crippen LogP) is 0.786. The van der Waals surface area contributed by atoms with Crippen LogP contribution in [0.25, 0.3) is 0 Å². The fourth-order valence-corrected chi connectivity index (χ4v) is 2.24. The van der Waals surface area contributed by atoms with Crippen molar-refractivity contribution < 1.29 is 14.3 Å². The van der Waals surface area contributed by atoms with E-state index in [9.17, 15) is 4.79 Å². The summed E-state index contributed by atoms with van der Waals surface area (Å²) in [5.74, 6) is 0.129. The van der Waals surface area contributed by atoms with Gasteiger partial charge in [0.15, 0.2) is 0 Å². The highest BCUT2D eigenvalue weighted by Crippen LogP contribution is 2.27. The number of alkyl halides is 1. The summed E-state index contributed by atoms with van der Waals surface area (Å²) in [5, 5.41) is 0. The van der Waals surface area contributed by atoms with Crippen LogP contribution in [0.15, 0.2) is 0 Å². The number of ether oxygens (including phenoxy) is 2. The monoisotopic (exact) mass is 277 g/mol. The van der Waals surface area contributed by atoms with Crippen LogP contribution in [-0.2, 0) is 14.3 Å². The smallest absolute Gasteiger partial charge is 0.239 e. The van der Waals surface area contributed by atoms with Gasteiger partial charge in [0.05, 0.1) is 42.8 Å². The van der Waals surface area contributed by atoms with E-state index in [-0.39, 0.29) is 18.0 Å². The van der Waals surface area contributed by atoms with Gasteiger partial charge in [-0.2, -0.15) is 0 Å². The zero-order valence-electron chi connectivity index (χ0n) is 9.03. The number of amides is 1. The minimum absolute atomic E-state index is 0.0850. The summed E-state index contributed by atoms with van der Waals surface area (Å²) in [7, 11) is 0. The molecule has 0 spiro atoms. The molecule has 0 saturated carbocycles. The standard InChI is InChI=1S/C10H16BrNO3/c1-10(2,11)9(13)12-7-3-14-5-8(12)6-15-4-7/h7-8H,3-6H2,1-2H3. The van der Waals surface area contributed by atoms with Crippen LogP contribution in [-0.4, -0.2) is 53.6 Å². The van der Waals surface area contributed by atoms with Crippen molar-refractivity contribution in [2.75, 3.05) is 26.4 Å². The topological polar surface area (TPSA) is 38.8 Å². The summed E-state index contributed by atoms with van der Waals surface area (Å²) >= 11 is 3.41. The van der Waals surface area contributed by atoms with E-state index in [1.54, 1.807) is 0 Å². The molecule has 2 saturated heterocycles. The van der Waals surface area contributed by atoms with E-state index >= 15 is 0 Å². The fraction of sp³-hybridized carbons (Fsp3) is 0.900. The first-order valence-electron chi connectivity index (χ1n) is 5.17. The molecule has 86 valence electrons. The number of carbonyl (C=O) groups excluding carboxylic acids is 1. The van der Waals surface area contributed by atoms with Crippen molar-refractivity contribution in [2.45, 2.75) is 30.3 Å². The molecule has 0 radical (unpaired) electrons. The van der Waals surface area contributed by atoms with Crippen LogP contribution in [0, 0.1) is 0 Å². The second kappa shape index (κ2) is 4.03. The Morgan fingerprint density at radius 1 is 1.20 bits per heavy atom. The molecular formula is C10H16BrNO3. The number of halogens is 1. The van der Waals surface area contributed by atoms with Crippen LogP contribution in [0.1, 0.15) is 13.8 Å². The first-order valence-corrected chi connectivity index (χ1v) is 5.96.